The highest BCUT2D eigenvalue weighted by atomic mass is 16.7. The number of rotatable bonds is 8. The molecule has 0 spiro atoms. The van der Waals surface area contributed by atoms with Crippen molar-refractivity contribution in [3.63, 3.8) is 0 Å². The van der Waals surface area contributed by atoms with Crippen molar-refractivity contribution in [1.82, 2.24) is 0 Å². The third kappa shape index (κ3) is 6.53. The molecule has 2 aliphatic rings. The number of hydrogen-bond acceptors (Lipinski definition) is 10. The van der Waals surface area contributed by atoms with Crippen LogP contribution in [0.25, 0.3) is 0 Å². The minimum atomic E-state index is -1.28. The summed E-state index contributed by atoms with van der Waals surface area (Å²) < 4.78 is 21.2. The molecule has 0 unspecified atom stereocenters. The third-order valence-corrected chi connectivity index (χ3v) is 5.20. The van der Waals surface area contributed by atoms with E-state index >= 15 is 0 Å². The maximum absolute atomic E-state index is 11.9. The van der Waals surface area contributed by atoms with Crippen molar-refractivity contribution in [1.29, 1.82) is 0 Å². The van der Waals surface area contributed by atoms with Crippen molar-refractivity contribution in [2.75, 3.05) is 6.61 Å². The molecule has 10 heteroatoms. The number of oxime groups is 1. The number of carbonyl (C=O) groups excluding carboxylic acids is 4. The smallest absolute Gasteiger partial charge is 0.303 e. The molecule has 2 rings (SSSR count). The van der Waals surface area contributed by atoms with Crippen LogP contribution in [0.15, 0.2) is 16.3 Å². The van der Waals surface area contributed by atoms with Gasteiger partial charge < -0.3 is 23.8 Å². The lowest BCUT2D eigenvalue weighted by molar-refractivity contribution is -0.202. The zero-order chi connectivity index (χ0) is 23.3. The molecule has 0 N–H and O–H groups in total. The normalized spacial score (nSPS) is 22.8. The molecule has 0 amide bonds. The summed E-state index contributed by atoms with van der Waals surface area (Å²) in [4.78, 5) is 52.5. The van der Waals surface area contributed by atoms with Gasteiger partial charge in [0.05, 0.1) is 5.71 Å². The van der Waals surface area contributed by atoms with Crippen LogP contribution in [0.5, 0.6) is 0 Å². The summed E-state index contributed by atoms with van der Waals surface area (Å²) in [7, 11) is 0. The third-order valence-electron chi connectivity index (χ3n) is 5.20. The van der Waals surface area contributed by atoms with Gasteiger partial charge in [-0.05, 0) is 20.3 Å². The Bertz CT molecular complexity index is 801. The molecule has 172 valence electrons. The van der Waals surface area contributed by atoms with Crippen LogP contribution in [0.1, 0.15) is 54.4 Å². The van der Waals surface area contributed by atoms with Crippen LogP contribution in [-0.4, -0.2) is 60.6 Å². The van der Waals surface area contributed by atoms with Crippen molar-refractivity contribution < 1.29 is 43.0 Å². The molecular formula is C21H29NO9. The fraction of sp³-hybridized carbons (Fsp3) is 0.667. The van der Waals surface area contributed by atoms with Crippen molar-refractivity contribution in [2.45, 2.75) is 78.8 Å². The monoisotopic (exact) mass is 439 g/mol. The van der Waals surface area contributed by atoms with Gasteiger partial charge in [0, 0.05) is 40.0 Å². The predicted molar refractivity (Wildman–Crippen MR) is 107 cm³/mol. The summed E-state index contributed by atoms with van der Waals surface area (Å²) in [6.07, 6.45) is -3.18. The fourth-order valence-electron chi connectivity index (χ4n) is 3.74. The number of ether oxygens (including phenoxy) is 4. The highest BCUT2D eigenvalue weighted by Crippen LogP contribution is 2.38. The highest BCUT2D eigenvalue weighted by molar-refractivity contribution is 5.91. The molecule has 5 atom stereocenters. The Labute approximate surface area is 180 Å². The molecule has 1 aliphatic carbocycles. The average Bonchev–Trinajstić information content (AvgIpc) is 3.03. The zero-order valence-corrected chi connectivity index (χ0v) is 18.6. The van der Waals surface area contributed by atoms with Crippen LogP contribution < -0.4 is 0 Å². The van der Waals surface area contributed by atoms with E-state index in [-0.39, 0.29) is 5.92 Å². The van der Waals surface area contributed by atoms with Crippen molar-refractivity contribution in [3.05, 3.63) is 11.1 Å². The van der Waals surface area contributed by atoms with E-state index in [4.69, 9.17) is 23.8 Å². The molecule has 0 saturated carbocycles. The number of esters is 4. The molecule has 0 aromatic carbocycles. The summed E-state index contributed by atoms with van der Waals surface area (Å²) in [6, 6.07) is 0. The van der Waals surface area contributed by atoms with Crippen molar-refractivity contribution in [3.8, 4) is 0 Å². The maximum atomic E-state index is 11.9. The molecular weight excluding hydrogens is 410 g/mol. The molecule has 10 nitrogen and oxygen atoms in total. The number of hydrogen-bond donors (Lipinski definition) is 0. The predicted octanol–water partition coefficient (Wildman–Crippen LogP) is 1.85. The molecule has 1 heterocycles. The Balaban J connectivity index is 2.41. The maximum Gasteiger partial charge on any atom is 0.303 e. The zero-order valence-electron chi connectivity index (χ0n) is 18.6. The van der Waals surface area contributed by atoms with Gasteiger partial charge in [0.25, 0.3) is 0 Å². The van der Waals surface area contributed by atoms with Crippen molar-refractivity contribution in [2.24, 2.45) is 11.1 Å². The lowest BCUT2D eigenvalue weighted by Crippen LogP contribution is -2.54. The first kappa shape index (κ1) is 24.4. The first-order valence-electron chi connectivity index (χ1n) is 10.0. The Kier molecular flexibility index (Phi) is 8.18. The van der Waals surface area contributed by atoms with Gasteiger partial charge in [-0.3, -0.25) is 19.2 Å². The Morgan fingerprint density at radius 2 is 1.55 bits per heavy atom. The summed E-state index contributed by atoms with van der Waals surface area (Å²) in [5.74, 6) is -2.86. The number of allylic oxidation sites excluding steroid dienone is 2. The Hall–Kier alpha value is -2.91. The van der Waals surface area contributed by atoms with E-state index in [1.807, 2.05) is 13.8 Å². The summed E-state index contributed by atoms with van der Waals surface area (Å²) in [5.41, 5.74) is 3.16. The molecule has 0 aromatic heterocycles. The summed E-state index contributed by atoms with van der Waals surface area (Å²) in [5, 5.41) is 4.17. The van der Waals surface area contributed by atoms with E-state index in [0.29, 0.717) is 12.8 Å². The van der Waals surface area contributed by atoms with Crippen LogP contribution in [-0.2, 0) is 43.0 Å². The second-order valence-corrected chi connectivity index (χ2v) is 7.80. The van der Waals surface area contributed by atoms with Crippen LogP contribution in [0, 0.1) is 5.92 Å². The number of nitrogens with zero attached hydrogens (tertiary/aromatic N) is 1. The van der Waals surface area contributed by atoms with Gasteiger partial charge in [-0.2, -0.15) is 0 Å². The van der Waals surface area contributed by atoms with Gasteiger partial charge in [-0.15, -0.1) is 0 Å². The molecule has 0 saturated heterocycles. The molecule has 0 radical (unpaired) electrons. The van der Waals surface area contributed by atoms with E-state index < -0.39 is 54.9 Å². The largest absolute Gasteiger partial charge is 0.462 e. The van der Waals surface area contributed by atoms with Crippen molar-refractivity contribution >= 4 is 29.6 Å². The number of fused-ring (bicyclic) bond motifs is 1. The second kappa shape index (κ2) is 10.4. The van der Waals surface area contributed by atoms with Gasteiger partial charge in [-0.25, -0.2) is 0 Å². The quantitative estimate of drug-likeness (QED) is 0.316. The minimum Gasteiger partial charge on any atom is -0.462 e. The first-order chi connectivity index (χ1) is 14.5. The van der Waals surface area contributed by atoms with Gasteiger partial charge in [0.1, 0.15) is 6.61 Å². The highest BCUT2D eigenvalue weighted by Gasteiger charge is 2.50. The van der Waals surface area contributed by atoms with E-state index in [1.54, 1.807) is 0 Å². The van der Waals surface area contributed by atoms with E-state index in [9.17, 15) is 19.2 Å². The summed E-state index contributed by atoms with van der Waals surface area (Å²) in [6.45, 7) is 8.36. The minimum absolute atomic E-state index is 0.210. The topological polar surface area (TPSA) is 127 Å². The summed E-state index contributed by atoms with van der Waals surface area (Å²) >= 11 is 0. The molecule has 0 bridgehead atoms. The van der Waals surface area contributed by atoms with Crippen LogP contribution >= 0.6 is 0 Å². The molecule has 31 heavy (non-hydrogen) atoms. The molecule has 0 fully saturated rings. The van der Waals surface area contributed by atoms with E-state index in [0.717, 1.165) is 12.6 Å². The van der Waals surface area contributed by atoms with Gasteiger partial charge in [0.15, 0.2) is 24.4 Å². The second-order valence-electron chi connectivity index (χ2n) is 7.80. The van der Waals surface area contributed by atoms with E-state index in [2.05, 4.69) is 5.16 Å². The van der Waals surface area contributed by atoms with Crippen LogP contribution in [0.4, 0.5) is 0 Å². The number of carbonyl (C=O) groups is 4. The molecule has 1 aliphatic heterocycles. The fourth-order valence-corrected chi connectivity index (χ4v) is 3.74. The lowest BCUT2D eigenvalue weighted by atomic mass is 9.78. The van der Waals surface area contributed by atoms with E-state index in [1.165, 1.54) is 31.9 Å². The first-order valence-corrected chi connectivity index (χ1v) is 10.0. The SMILES string of the molecule is CC(=O)OC[C@@H](OC(C)=O)[C@@H](OC(C)=O)[C@H](OC(C)=O)[C@@H]1ON=C2CC(C)=C(C)C[C@H]21. The average molecular weight is 439 g/mol. The standard InChI is InChI=1S/C21H29NO9/c1-10-7-16-17(8-11(10)2)22-31-19(16)21(30-15(6)26)20(29-14(5)25)18(28-13(4)24)9-27-12(3)23/h16,18-21H,7-9H2,1-6H3/t16-,18-,19-,20-,21-/m1/s1. The van der Waals surface area contributed by atoms with Gasteiger partial charge in [-0.1, -0.05) is 16.3 Å². The molecule has 0 aromatic rings. The van der Waals surface area contributed by atoms with Gasteiger partial charge >= 0.3 is 23.9 Å². The van der Waals surface area contributed by atoms with Crippen LogP contribution in [0.3, 0.4) is 0 Å². The Morgan fingerprint density at radius 3 is 2.10 bits per heavy atom. The van der Waals surface area contributed by atoms with Gasteiger partial charge in [0.2, 0.25) is 0 Å². The van der Waals surface area contributed by atoms with Crippen LogP contribution in [0.2, 0.25) is 0 Å². The Morgan fingerprint density at radius 1 is 0.935 bits per heavy atom. The lowest BCUT2D eigenvalue weighted by Gasteiger charge is -2.36.